The average Bonchev–Trinajstić information content (AvgIpc) is 3.36. The number of benzene rings is 1. The van der Waals surface area contributed by atoms with Crippen LogP contribution in [-0.4, -0.2) is 46.5 Å². The summed E-state index contributed by atoms with van der Waals surface area (Å²) in [5.74, 6) is -0.223. The molecule has 4 aromatic rings. The summed E-state index contributed by atoms with van der Waals surface area (Å²) in [6, 6.07) is 15.7. The van der Waals surface area contributed by atoms with Crippen LogP contribution < -0.4 is 10.9 Å². The van der Waals surface area contributed by atoms with Gasteiger partial charge in [-0.15, -0.1) is 0 Å². The van der Waals surface area contributed by atoms with Crippen LogP contribution in [0.25, 0.3) is 16.6 Å². The number of rotatable bonds is 6. The van der Waals surface area contributed by atoms with Crippen molar-refractivity contribution in [3.63, 3.8) is 0 Å². The quantitative estimate of drug-likeness (QED) is 0.390. The molecule has 1 fully saturated rings. The van der Waals surface area contributed by atoms with Gasteiger partial charge in [0.25, 0.3) is 11.5 Å². The lowest BCUT2D eigenvalue weighted by Crippen LogP contribution is -2.39. The van der Waals surface area contributed by atoms with Gasteiger partial charge in [-0.1, -0.05) is 12.1 Å². The Hall–Kier alpha value is -4.19. The fourth-order valence-electron chi connectivity index (χ4n) is 5.55. The van der Waals surface area contributed by atoms with Gasteiger partial charge in [-0.3, -0.25) is 14.5 Å². The van der Waals surface area contributed by atoms with Crippen LogP contribution in [0.1, 0.15) is 57.0 Å². The summed E-state index contributed by atoms with van der Waals surface area (Å²) < 4.78 is 7.74. The number of hydrogen-bond donors (Lipinski definition) is 2. The first-order valence-corrected chi connectivity index (χ1v) is 13.2. The SMILES string of the molecule is Cc1cc(C)c(CNC(=O)c2cc3cc(-c4cccc(C#N)c4)cn3c(C(C)N3CCOCC3)c2C)c(=O)[nH]1. The Labute approximate surface area is 227 Å². The predicted octanol–water partition coefficient (Wildman–Crippen LogP) is 4.41. The molecule has 8 heteroatoms. The maximum atomic E-state index is 13.6. The maximum Gasteiger partial charge on any atom is 0.253 e. The highest BCUT2D eigenvalue weighted by atomic mass is 16.5. The number of amides is 1. The molecule has 1 aliphatic heterocycles. The second kappa shape index (κ2) is 10.9. The Bertz CT molecular complexity index is 1650. The summed E-state index contributed by atoms with van der Waals surface area (Å²) in [5.41, 5.74) is 7.92. The monoisotopic (exact) mass is 523 g/mol. The highest BCUT2D eigenvalue weighted by molar-refractivity contribution is 5.97. The van der Waals surface area contributed by atoms with Crippen LogP contribution in [-0.2, 0) is 11.3 Å². The van der Waals surface area contributed by atoms with Crippen molar-refractivity contribution in [2.24, 2.45) is 0 Å². The van der Waals surface area contributed by atoms with Crippen molar-refractivity contribution in [3.8, 4) is 17.2 Å². The van der Waals surface area contributed by atoms with Crippen LogP contribution in [0, 0.1) is 32.1 Å². The zero-order chi connectivity index (χ0) is 27.7. The van der Waals surface area contributed by atoms with Crippen molar-refractivity contribution in [2.45, 2.75) is 40.3 Å². The molecular weight excluding hydrogens is 490 g/mol. The number of nitriles is 1. The Morgan fingerprint density at radius 3 is 2.62 bits per heavy atom. The van der Waals surface area contributed by atoms with Gasteiger partial charge in [-0.05, 0) is 74.7 Å². The molecule has 8 nitrogen and oxygen atoms in total. The number of nitrogens with one attached hydrogen (secondary N) is 2. The van der Waals surface area contributed by atoms with Gasteiger partial charge in [0, 0.05) is 65.5 Å². The number of aryl methyl sites for hydroxylation is 2. The van der Waals surface area contributed by atoms with E-state index in [1.54, 1.807) is 6.07 Å². The van der Waals surface area contributed by atoms with Crippen molar-refractivity contribution >= 4 is 11.4 Å². The van der Waals surface area contributed by atoms with Crippen molar-refractivity contribution in [1.29, 1.82) is 5.26 Å². The number of H-pyrrole nitrogens is 1. The molecule has 200 valence electrons. The summed E-state index contributed by atoms with van der Waals surface area (Å²) in [5, 5.41) is 12.4. The summed E-state index contributed by atoms with van der Waals surface area (Å²) in [6.07, 6.45) is 2.09. The minimum Gasteiger partial charge on any atom is -0.379 e. The molecule has 1 atom stereocenters. The number of aromatic amines is 1. The second-order valence-electron chi connectivity index (χ2n) is 10.2. The van der Waals surface area contributed by atoms with Gasteiger partial charge in [-0.2, -0.15) is 5.26 Å². The minimum absolute atomic E-state index is 0.0389. The lowest BCUT2D eigenvalue weighted by molar-refractivity contribution is 0.0187. The number of aromatic nitrogens is 2. The third-order valence-corrected chi connectivity index (χ3v) is 7.67. The summed E-state index contributed by atoms with van der Waals surface area (Å²) in [4.78, 5) is 31.3. The number of carbonyl (C=O) groups excluding carboxylic acids is 1. The number of nitrogens with zero attached hydrogens (tertiary/aromatic N) is 3. The van der Waals surface area contributed by atoms with E-state index < -0.39 is 0 Å². The number of fused-ring (bicyclic) bond motifs is 1. The normalized spacial score (nSPS) is 14.7. The first kappa shape index (κ1) is 26.4. The summed E-state index contributed by atoms with van der Waals surface area (Å²) >= 11 is 0. The molecule has 5 rings (SSSR count). The van der Waals surface area contributed by atoms with Crippen LogP contribution in [0.5, 0.6) is 0 Å². The Kier molecular flexibility index (Phi) is 7.38. The maximum absolute atomic E-state index is 13.6. The van der Waals surface area contributed by atoms with Crippen molar-refractivity contribution < 1.29 is 9.53 Å². The number of pyridine rings is 2. The van der Waals surface area contributed by atoms with Crippen molar-refractivity contribution in [3.05, 3.63) is 98.2 Å². The zero-order valence-corrected chi connectivity index (χ0v) is 22.8. The lowest BCUT2D eigenvalue weighted by Gasteiger charge is -2.34. The number of carbonyl (C=O) groups is 1. The van der Waals surface area contributed by atoms with Gasteiger partial charge < -0.3 is 19.4 Å². The Morgan fingerprint density at radius 1 is 1.13 bits per heavy atom. The smallest absolute Gasteiger partial charge is 0.253 e. The van der Waals surface area contributed by atoms with E-state index in [0.717, 1.165) is 52.2 Å². The highest BCUT2D eigenvalue weighted by Crippen LogP contribution is 2.32. The van der Waals surface area contributed by atoms with Gasteiger partial charge in [0.1, 0.15) is 0 Å². The lowest BCUT2D eigenvalue weighted by atomic mass is 10.0. The number of ether oxygens (including phenoxy) is 1. The molecule has 0 spiro atoms. The molecule has 3 aromatic heterocycles. The Morgan fingerprint density at radius 2 is 1.90 bits per heavy atom. The second-order valence-corrected chi connectivity index (χ2v) is 10.2. The third-order valence-electron chi connectivity index (χ3n) is 7.67. The van der Waals surface area contributed by atoms with Crippen molar-refractivity contribution in [1.82, 2.24) is 19.6 Å². The van der Waals surface area contributed by atoms with Crippen LogP contribution >= 0.6 is 0 Å². The molecule has 0 aliphatic carbocycles. The molecule has 0 saturated carbocycles. The van der Waals surface area contributed by atoms with E-state index in [1.165, 1.54) is 0 Å². The first-order chi connectivity index (χ1) is 18.8. The largest absolute Gasteiger partial charge is 0.379 e. The molecule has 1 saturated heterocycles. The molecule has 39 heavy (non-hydrogen) atoms. The van der Waals surface area contributed by atoms with Gasteiger partial charge in [0.2, 0.25) is 0 Å². The van der Waals surface area contributed by atoms with E-state index in [9.17, 15) is 14.9 Å². The molecule has 1 amide bonds. The van der Waals surface area contributed by atoms with Gasteiger partial charge in [0.05, 0.1) is 24.8 Å². The van der Waals surface area contributed by atoms with Crippen molar-refractivity contribution in [2.75, 3.05) is 26.3 Å². The van der Waals surface area contributed by atoms with Gasteiger partial charge in [-0.25, -0.2) is 0 Å². The highest BCUT2D eigenvalue weighted by Gasteiger charge is 2.26. The molecule has 0 bridgehead atoms. The summed E-state index contributed by atoms with van der Waals surface area (Å²) in [6.45, 7) is 11.0. The van der Waals surface area contributed by atoms with E-state index in [4.69, 9.17) is 4.74 Å². The molecular formula is C31H33N5O3. The van der Waals surface area contributed by atoms with Crippen LogP contribution in [0.4, 0.5) is 0 Å². The van der Waals surface area contributed by atoms with E-state index in [2.05, 4.69) is 44.9 Å². The fraction of sp³-hybridized carbons (Fsp3) is 0.323. The zero-order valence-electron chi connectivity index (χ0n) is 22.8. The number of hydrogen-bond acceptors (Lipinski definition) is 5. The standard InChI is InChI=1S/C31H33N5O3/c1-19-12-20(2)34-31(38)28(19)17-33-30(37)27-15-26-14-25(24-7-5-6-23(13-24)16-32)18-36(26)29(21(27)3)22(4)35-8-10-39-11-9-35/h5-7,12-15,18,22H,8-11,17H2,1-4H3,(H,33,37)(H,34,38). The topological polar surface area (TPSA) is 103 Å². The molecule has 0 radical (unpaired) electrons. The van der Waals surface area contributed by atoms with Gasteiger partial charge in [0.15, 0.2) is 0 Å². The molecule has 2 N–H and O–H groups in total. The fourth-order valence-corrected chi connectivity index (χ4v) is 5.55. The first-order valence-electron chi connectivity index (χ1n) is 13.2. The van der Waals surface area contributed by atoms with E-state index in [1.807, 2.05) is 51.1 Å². The third kappa shape index (κ3) is 5.24. The van der Waals surface area contributed by atoms with Crippen LogP contribution in [0.15, 0.2) is 53.5 Å². The van der Waals surface area contributed by atoms with Crippen LogP contribution in [0.2, 0.25) is 0 Å². The average molecular weight is 524 g/mol. The summed E-state index contributed by atoms with van der Waals surface area (Å²) in [7, 11) is 0. The predicted molar refractivity (Wildman–Crippen MR) is 151 cm³/mol. The van der Waals surface area contributed by atoms with E-state index >= 15 is 0 Å². The molecule has 1 aliphatic rings. The Balaban J connectivity index is 1.57. The minimum atomic E-state index is -0.223. The van der Waals surface area contributed by atoms with E-state index in [-0.39, 0.29) is 24.1 Å². The number of morpholine rings is 1. The molecule has 1 unspecified atom stereocenters. The van der Waals surface area contributed by atoms with Crippen LogP contribution in [0.3, 0.4) is 0 Å². The molecule has 1 aromatic carbocycles. The van der Waals surface area contributed by atoms with E-state index in [0.29, 0.717) is 29.9 Å². The van der Waals surface area contributed by atoms with Gasteiger partial charge >= 0.3 is 0 Å². The molecule has 4 heterocycles.